The van der Waals surface area contributed by atoms with Crippen LogP contribution in [0, 0.1) is 0 Å². The van der Waals surface area contributed by atoms with E-state index in [1.165, 1.54) is 4.90 Å². The molecule has 0 aliphatic heterocycles. The van der Waals surface area contributed by atoms with Gasteiger partial charge < -0.3 is 16.4 Å². The number of aromatic nitrogens is 1. The van der Waals surface area contributed by atoms with Crippen LogP contribution in [-0.2, 0) is 16.0 Å². The Morgan fingerprint density at radius 3 is 2.55 bits per heavy atom. The van der Waals surface area contributed by atoms with E-state index in [2.05, 4.69) is 4.98 Å². The highest BCUT2D eigenvalue weighted by Gasteiger charge is 2.30. The van der Waals surface area contributed by atoms with Gasteiger partial charge in [-0.3, -0.25) is 14.6 Å². The molecular weight excluding hydrogens is 408 g/mol. The Morgan fingerprint density at radius 1 is 1.10 bits per heavy atom. The number of amides is 1. The van der Waals surface area contributed by atoms with Crippen molar-refractivity contribution < 1.29 is 9.59 Å². The second-order valence-corrected chi connectivity index (χ2v) is 8.55. The van der Waals surface area contributed by atoms with Crippen LogP contribution in [0.15, 0.2) is 71.8 Å². The third kappa shape index (κ3) is 6.13. The number of hydrogen-bond acceptors (Lipinski definition) is 6. The van der Waals surface area contributed by atoms with Crippen LogP contribution in [-0.4, -0.2) is 46.6 Å². The fraction of sp³-hybridized carbons (Fsp3) is 0.292. The maximum atomic E-state index is 13.1. The molecule has 162 valence electrons. The summed E-state index contributed by atoms with van der Waals surface area (Å²) >= 11 is 1.10. The molecule has 0 aliphatic carbocycles. The Morgan fingerprint density at radius 2 is 1.81 bits per heavy atom. The number of pyridine rings is 1. The minimum absolute atomic E-state index is 0.117. The number of carbonyl (C=O) groups excluding carboxylic acids is 2. The summed E-state index contributed by atoms with van der Waals surface area (Å²) in [6.07, 6.45) is 3.24. The summed E-state index contributed by atoms with van der Waals surface area (Å²) in [4.78, 5) is 32.8. The van der Waals surface area contributed by atoms with E-state index in [1.807, 2.05) is 60.7 Å². The Labute approximate surface area is 187 Å². The summed E-state index contributed by atoms with van der Waals surface area (Å²) in [5, 5.41) is 0.849. The van der Waals surface area contributed by atoms with E-state index < -0.39 is 12.1 Å². The van der Waals surface area contributed by atoms with Crippen LogP contribution in [0.5, 0.6) is 0 Å². The number of fused-ring (bicyclic) bond motifs is 1. The lowest BCUT2D eigenvalue weighted by Gasteiger charge is -2.29. The first-order valence-corrected chi connectivity index (χ1v) is 11.1. The van der Waals surface area contributed by atoms with E-state index in [4.69, 9.17) is 11.5 Å². The van der Waals surface area contributed by atoms with Crippen LogP contribution < -0.4 is 11.5 Å². The lowest BCUT2D eigenvalue weighted by molar-refractivity contribution is -0.136. The predicted octanol–water partition coefficient (Wildman–Crippen LogP) is 2.99. The summed E-state index contributed by atoms with van der Waals surface area (Å²) in [6.45, 7) is 0.448. The van der Waals surface area contributed by atoms with Gasteiger partial charge in [0.15, 0.2) is 0 Å². The summed E-state index contributed by atoms with van der Waals surface area (Å²) in [5.41, 5.74) is 13.7. The van der Waals surface area contributed by atoms with Gasteiger partial charge in [0.1, 0.15) is 6.04 Å². The molecule has 2 atom stereocenters. The lowest BCUT2D eigenvalue weighted by Crippen LogP contribution is -2.49. The number of thioether (sulfide) groups is 1. The van der Waals surface area contributed by atoms with Crippen molar-refractivity contribution in [3.05, 3.63) is 72.4 Å². The normalized spacial score (nSPS) is 13.0. The molecule has 3 rings (SSSR count). The van der Waals surface area contributed by atoms with Crippen molar-refractivity contribution >= 4 is 33.7 Å². The number of nitrogens with two attached hydrogens (primary N) is 2. The van der Waals surface area contributed by atoms with Crippen molar-refractivity contribution in [2.24, 2.45) is 11.5 Å². The van der Waals surface area contributed by atoms with Gasteiger partial charge in [-0.05, 0) is 55.3 Å². The monoisotopic (exact) mass is 436 g/mol. The van der Waals surface area contributed by atoms with Crippen molar-refractivity contribution in [1.29, 1.82) is 0 Å². The van der Waals surface area contributed by atoms with Crippen LogP contribution in [0.4, 0.5) is 0 Å². The van der Waals surface area contributed by atoms with Crippen molar-refractivity contribution in [2.75, 3.05) is 13.6 Å². The molecule has 1 heterocycles. The molecule has 0 saturated heterocycles. The van der Waals surface area contributed by atoms with Gasteiger partial charge in [0.05, 0.1) is 11.6 Å². The minimum atomic E-state index is -0.715. The average Bonchev–Trinajstić information content (AvgIpc) is 2.79. The molecule has 3 aromatic rings. The van der Waals surface area contributed by atoms with Crippen molar-refractivity contribution in [2.45, 2.75) is 36.2 Å². The second-order valence-electron chi connectivity index (χ2n) is 7.48. The highest BCUT2D eigenvalue weighted by molar-refractivity contribution is 8.13. The molecule has 1 amide bonds. The van der Waals surface area contributed by atoms with Gasteiger partial charge in [-0.2, -0.15) is 0 Å². The molecule has 7 heteroatoms. The highest BCUT2D eigenvalue weighted by Crippen LogP contribution is 2.26. The summed E-state index contributed by atoms with van der Waals surface area (Å²) < 4.78 is 0. The number of benzene rings is 2. The molecule has 31 heavy (non-hydrogen) atoms. The van der Waals surface area contributed by atoms with Crippen LogP contribution in [0.1, 0.15) is 18.4 Å². The molecule has 0 radical (unpaired) electrons. The zero-order valence-electron chi connectivity index (χ0n) is 17.6. The maximum Gasteiger partial charge on any atom is 0.240 e. The van der Waals surface area contributed by atoms with E-state index in [-0.39, 0.29) is 11.0 Å². The number of likely N-dealkylation sites (N-methyl/N-ethyl adjacent to an activating group) is 1. The third-order valence-corrected chi connectivity index (χ3v) is 6.10. The zero-order chi connectivity index (χ0) is 22.2. The van der Waals surface area contributed by atoms with Gasteiger partial charge in [-0.1, -0.05) is 48.5 Å². The minimum Gasteiger partial charge on any atom is -0.333 e. The predicted molar refractivity (Wildman–Crippen MR) is 126 cm³/mol. The molecule has 0 spiro atoms. The van der Waals surface area contributed by atoms with Gasteiger partial charge in [0.25, 0.3) is 0 Å². The number of nitrogens with zero attached hydrogens (tertiary/aromatic N) is 2. The van der Waals surface area contributed by atoms with Crippen LogP contribution in [0.3, 0.4) is 0 Å². The molecule has 4 N–H and O–H groups in total. The van der Waals surface area contributed by atoms with Crippen LogP contribution in [0.25, 0.3) is 10.9 Å². The summed E-state index contributed by atoms with van der Waals surface area (Å²) in [7, 11) is 1.64. The number of carbonyl (C=O) groups is 2. The molecule has 0 aliphatic rings. The summed E-state index contributed by atoms with van der Waals surface area (Å²) in [6, 6.07) is 18.0. The number of hydrogen-bond donors (Lipinski definition) is 2. The Balaban J connectivity index is 1.72. The van der Waals surface area contributed by atoms with Crippen molar-refractivity contribution in [1.82, 2.24) is 9.88 Å². The molecule has 0 fully saturated rings. The molecule has 0 saturated carbocycles. The van der Waals surface area contributed by atoms with Gasteiger partial charge in [0.2, 0.25) is 11.0 Å². The Bertz CT molecular complexity index is 1030. The second kappa shape index (κ2) is 11.0. The molecule has 6 nitrogen and oxygen atoms in total. The van der Waals surface area contributed by atoms with Crippen molar-refractivity contribution in [3.8, 4) is 0 Å². The van der Waals surface area contributed by atoms with Gasteiger partial charge >= 0.3 is 0 Å². The first-order valence-electron chi connectivity index (χ1n) is 10.3. The van der Waals surface area contributed by atoms with Crippen molar-refractivity contribution in [3.63, 3.8) is 0 Å². The topological polar surface area (TPSA) is 102 Å². The fourth-order valence-corrected chi connectivity index (χ4v) is 4.38. The van der Waals surface area contributed by atoms with E-state index in [9.17, 15) is 9.59 Å². The molecule has 0 unspecified atom stereocenters. The van der Waals surface area contributed by atoms with Crippen LogP contribution in [0.2, 0.25) is 0 Å². The Kier molecular flexibility index (Phi) is 8.17. The number of para-hydroxylation sites is 1. The highest BCUT2D eigenvalue weighted by atomic mass is 32.2. The fourth-order valence-electron chi connectivity index (χ4n) is 3.44. The lowest BCUT2D eigenvalue weighted by atomic mass is 10.0. The SMILES string of the molecule is CN(C(=O)[C@@H](N)Cc1ccccc1)[C@@H](CCCN)C(=O)Sc1cnc2ccccc2c1. The van der Waals surface area contributed by atoms with E-state index >= 15 is 0 Å². The first-order chi connectivity index (χ1) is 15.0. The van der Waals surface area contributed by atoms with Crippen LogP contribution >= 0.6 is 11.8 Å². The van der Waals surface area contributed by atoms with Gasteiger partial charge in [-0.15, -0.1) is 0 Å². The molecular formula is C24H28N4O2S. The molecule has 1 aromatic heterocycles. The van der Waals surface area contributed by atoms with E-state index in [0.717, 1.165) is 33.1 Å². The average molecular weight is 437 g/mol. The third-order valence-electron chi connectivity index (χ3n) is 5.17. The Hall–Kier alpha value is -2.74. The molecule has 2 aromatic carbocycles. The largest absolute Gasteiger partial charge is 0.333 e. The van der Waals surface area contributed by atoms with E-state index in [0.29, 0.717) is 25.8 Å². The number of rotatable bonds is 9. The zero-order valence-corrected chi connectivity index (χ0v) is 18.4. The smallest absolute Gasteiger partial charge is 0.240 e. The maximum absolute atomic E-state index is 13.1. The van der Waals surface area contributed by atoms with E-state index in [1.54, 1.807) is 13.2 Å². The van der Waals surface area contributed by atoms with Gasteiger partial charge in [-0.25, -0.2) is 0 Å². The van der Waals surface area contributed by atoms with Gasteiger partial charge in [0, 0.05) is 23.5 Å². The quantitative estimate of drug-likeness (QED) is 0.500. The summed E-state index contributed by atoms with van der Waals surface area (Å²) in [5.74, 6) is -0.253. The first kappa shape index (κ1) is 22.9. The standard InChI is InChI=1S/C24H28N4O2S/c1-28(23(29)20(26)14-17-8-3-2-4-9-17)22(12-7-13-25)24(30)31-19-15-18-10-5-6-11-21(18)27-16-19/h2-6,8-11,15-16,20,22H,7,12-14,25-26H2,1H3/t20-,22-/m0/s1. The molecule has 0 bridgehead atoms.